The van der Waals surface area contributed by atoms with Gasteiger partial charge in [0.25, 0.3) is 5.56 Å². The molecule has 0 amide bonds. The van der Waals surface area contributed by atoms with Crippen LogP contribution in [0.4, 0.5) is 0 Å². The summed E-state index contributed by atoms with van der Waals surface area (Å²) in [5.41, 5.74) is -0.148. The Kier molecular flexibility index (Phi) is 3.62. The molecule has 8 heteroatoms. The molecular weight excluding hydrogens is 332 g/mol. The van der Waals surface area contributed by atoms with Crippen LogP contribution in [-0.2, 0) is 0 Å². The lowest BCUT2D eigenvalue weighted by molar-refractivity contribution is 0.0702. The van der Waals surface area contributed by atoms with Crippen LogP contribution in [-0.4, -0.2) is 20.5 Å². The van der Waals surface area contributed by atoms with E-state index >= 15 is 0 Å². The van der Waals surface area contributed by atoms with Crippen molar-refractivity contribution in [1.29, 1.82) is 0 Å². The van der Waals surface area contributed by atoms with Crippen LogP contribution in [0.1, 0.15) is 20.2 Å². The van der Waals surface area contributed by atoms with Crippen LogP contribution in [0.15, 0.2) is 28.5 Å². The van der Waals surface area contributed by atoms with E-state index < -0.39 is 11.5 Å². The van der Waals surface area contributed by atoms with E-state index in [0.29, 0.717) is 10.7 Å². The molecule has 0 saturated carbocycles. The highest BCUT2D eigenvalue weighted by Gasteiger charge is 2.14. The molecule has 0 saturated heterocycles. The molecule has 3 rings (SSSR count). The van der Waals surface area contributed by atoms with Gasteiger partial charge in [-0.25, -0.2) is 9.78 Å². The minimum atomic E-state index is -1.10. The van der Waals surface area contributed by atoms with E-state index in [1.165, 1.54) is 6.20 Å². The highest BCUT2D eigenvalue weighted by Crippen LogP contribution is 2.20. The maximum atomic E-state index is 12.1. The van der Waals surface area contributed by atoms with Gasteiger partial charge in [0, 0.05) is 11.1 Å². The molecule has 0 bridgehead atoms. The number of carboxylic acids is 1. The van der Waals surface area contributed by atoms with Gasteiger partial charge in [0.2, 0.25) is 0 Å². The van der Waals surface area contributed by atoms with Crippen molar-refractivity contribution in [2.24, 2.45) is 0 Å². The zero-order valence-corrected chi connectivity index (χ0v) is 12.7. The number of aromatic carboxylic acids is 1. The third-order valence-electron chi connectivity index (χ3n) is 2.66. The standard InChI is InChI=1S/C13H7ClN2O3S2/c14-10-8(4-3-7-2-1-5-20-7)15-13-16(11(10)17)6-9(21-13)12(18)19/h1-6H,(H,18,19). The average molecular weight is 339 g/mol. The predicted molar refractivity (Wildman–Crippen MR) is 84.6 cm³/mol. The number of carboxylic acid groups (broad SMARTS) is 1. The Morgan fingerprint density at radius 1 is 1.43 bits per heavy atom. The minimum absolute atomic E-state index is 0.0324. The molecular formula is C13H7ClN2O3S2. The van der Waals surface area contributed by atoms with E-state index in [-0.39, 0.29) is 9.90 Å². The van der Waals surface area contributed by atoms with E-state index in [2.05, 4.69) is 4.98 Å². The number of thiazole rings is 1. The summed E-state index contributed by atoms with van der Waals surface area (Å²) in [5, 5.41) is 10.9. The number of hydrogen-bond donors (Lipinski definition) is 1. The second-order valence-electron chi connectivity index (χ2n) is 4.02. The van der Waals surface area contributed by atoms with Crippen LogP contribution in [0, 0.1) is 0 Å². The number of nitrogens with zero attached hydrogens (tertiary/aromatic N) is 2. The highest BCUT2D eigenvalue weighted by molar-refractivity contribution is 7.18. The van der Waals surface area contributed by atoms with Gasteiger partial charge >= 0.3 is 5.97 Å². The zero-order chi connectivity index (χ0) is 15.0. The van der Waals surface area contributed by atoms with Gasteiger partial charge in [0.1, 0.15) is 9.90 Å². The lowest BCUT2D eigenvalue weighted by Gasteiger charge is -1.98. The molecule has 5 nitrogen and oxygen atoms in total. The monoisotopic (exact) mass is 338 g/mol. The quantitative estimate of drug-likeness (QED) is 0.795. The summed E-state index contributed by atoms with van der Waals surface area (Å²) in [6.07, 6.45) is 4.69. The van der Waals surface area contributed by atoms with Crippen LogP contribution >= 0.6 is 34.3 Å². The molecule has 3 aromatic rings. The molecule has 0 radical (unpaired) electrons. The fraction of sp³-hybridized carbons (Fsp3) is 0. The van der Waals surface area contributed by atoms with Crippen LogP contribution in [0.5, 0.6) is 0 Å². The Bertz CT molecular complexity index is 910. The minimum Gasteiger partial charge on any atom is -0.477 e. The van der Waals surface area contributed by atoms with Crippen molar-refractivity contribution in [3.63, 3.8) is 0 Å². The Labute approximate surface area is 131 Å². The number of carbonyl (C=O) groups is 1. The van der Waals surface area contributed by atoms with Gasteiger partial charge in [-0.3, -0.25) is 9.20 Å². The lowest BCUT2D eigenvalue weighted by atomic mass is 10.3. The molecule has 0 aliphatic heterocycles. The molecule has 0 aromatic carbocycles. The Morgan fingerprint density at radius 2 is 2.24 bits per heavy atom. The predicted octanol–water partition coefficient (Wildman–Crippen LogP) is 3.34. The number of hydrogen-bond acceptors (Lipinski definition) is 5. The summed E-state index contributed by atoms with van der Waals surface area (Å²) in [4.78, 5) is 28.7. The molecule has 0 fully saturated rings. The molecule has 106 valence electrons. The second kappa shape index (κ2) is 5.44. The maximum Gasteiger partial charge on any atom is 0.347 e. The molecule has 1 N–H and O–H groups in total. The van der Waals surface area contributed by atoms with Crippen molar-refractivity contribution in [2.45, 2.75) is 0 Å². The number of fused-ring (bicyclic) bond motifs is 1. The van der Waals surface area contributed by atoms with E-state index in [4.69, 9.17) is 16.7 Å². The summed E-state index contributed by atoms with van der Waals surface area (Å²) in [6.45, 7) is 0. The second-order valence-corrected chi connectivity index (χ2v) is 6.38. The van der Waals surface area contributed by atoms with Crippen LogP contribution < -0.4 is 5.56 Å². The van der Waals surface area contributed by atoms with Crippen LogP contribution in [0.3, 0.4) is 0 Å². The number of rotatable bonds is 3. The maximum absolute atomic E-state index is 12.1. The third-order valence-corrected chi connectivity index (χ3v) is 4.82. The summed E-state index contributed by atoms with van der Waals surface area (Å²) in [6, 6.07) is 3.84. The third kappa shape index (κ3) is 2.63. The lowest BCUT2D eigenvalue weighted by Crippen LogP contribution is -2.14. The molecule has 0 spiro atoms. The summed E-state index contributed by atoms with van der Waals surface area (Å²) < 4.78 is 1.15. The summed E-state index contributed by atoms with van der Waals surface area (Å²) >= 11 is 8.49. The van der Waals surface area contributed by atoms with Gasteiger partial charge in [-0.2, -0.15) is 0 Å². The Hall–Kier alpha value is -1.96. The van der Waals surface area contributed by atoms with Gasteiger partial charge in [0.05, 0.1) is 5.69 Å². The molecule has 0 aliphatic carbocycles. The Morgan fingerprint density at radius 3 is 2.90 bits per heavy atom. The Balaban J connectivity index is 2.13. The highest BCUT2D eigenvalue weighted by atomic mass is 35.5. The van der Waals surface area contributed by atoms with Gasteiger partial charge in [-0.05, 0) is 23.6 Å². The van der Waals surface area contributed by atoms with Gasteiger partial charge in [-0.1, -0.05) is 29.0 Å². The van der Waals surface area contributed by atoms with E-state index in [0.717, 1.165) is 20.6 Å². The number of aromatic nitrogens is 2. The topological polar surface area (TPSA) is 71.7 Å². The summed E-state index contributed by atoms with van der Waals surface area (Å²) in [5.74, 6) is -1.10. The first-order valence-electron chi connectivity index (χ1n) is 5.73. The van der Waals surface area contributed by atoms with Crippen molar-refractivity contribution < 1.29 is 9.90 Å². The molecule has 3 heterocycles. The fourth-order valence-electron chi connectivity index (χ4n) is 1.69. The number of thiophene rings is 1. The van der Waals surface area contributed by atoms with Crippen molar-refractivity contribution >= 4 is 57.4 Å². The molecule has 0 aliphatic rings. The van der Waals surface area contributed by atoms with Gasteiger partial charge in [-0.15, -0.1) is 11.3 Å². The zero-order valence-electron chi connectivity index (χ0n) is 10.3. The normalized spacial score (nSPS) is 11.5. The van der Waals surface area contributed by atoms with Crippen molar-refractivity contribution in [3.05, 3.63) is 54.5 Å². The first kappa shape index (κ1) is 14.0. The molecule has 3 aromatic heterocycles. The van der Waals surface area contributed by atoms with Crippen LogP contribution in [0.25, 0.3) is 17.1 Å². The first-order valence-corrected chi connectivity index (χ1v) is 7.80. The fourth-order valence-corrected chi connectivity index (χ4v) is 3.33. The van der Waals surface area contributed by atoms with Crippen molar-refractivity contribution in [1.82, 2.24) is 9.38 Å². The molecule has 0 unspecified atom stereocenters. The SMILES string of the molecule is O=C(O)c1cn2c(=O)c(Cl)c(C=Cc3cccs3)nc2s1. The van der Waals surface area contributed by atoms with Crippen LogP contribution in [0.2, 0.25) is 5.02 Å². The van der Waals surface area contributed by atoms with Crippen molar-refractivity contribution in [3.8, 4) is 0 Å². The van der Waals surface area contributed by atoms with E-state index in [9.17, 15) is 9.59 Å². The van der Waals surface area contributed by atoms with Crippen molar-refractivity contribution in [2.75, 3.05) is 0 Å². The van der Waals surface area contributed by atoms with Gasteiger partial charge in [0.15, 0.2) is 4.96 Å². The number of halogens is 1. The average Bonchev–Trinajstić information content (AvgIpc) is 3.10. The smallest absolute Gasteiger partial charge is 0.347 e. The van der Waals surface area contributed by atoms with Gasteiger partial charge < -0.3 is 5.11 Å². The van der Waals surface area contributed by atoms with E-state index in [1.807, 2.05) is 17.5 Å². The van der Waals surface area contributed by atoms with E-state index in [1.54, 1.807) is 23.5 Å². The first-order chi connectivity index (χ1) is 10.1. The molecule has 21 heavy (non-hydrogen) atoms. The molecule has 0 atom stereocenters. The largest absolute Gasteiger partial charge is 0.477 e. The summed E-state index contributed by atoms with van der Waals surface area (Å²) in [7, 11) is 0.